The molecule has 6 heteroatoms. The van der Waals surface area contributed by atoms with E-state index in [0.29, 0.717) is 22.9 Å². The third-order valence-corrected chi connectivity index (χ3v) is 3.09. The van der Waals surface area contributed by atoms with Gasteiger partial charge in [-0.1, -0.05) is 41.4 Å². The molecule has 0 bridgehead atoms. The second-order valence-corrected chi connectivity index (χ2v) is 5.16. The summed E-state index contributed by atoms with van der Waals surface area (Å²) in [7, 11) is 0. The second kappa shape index (κ2) is 7.47. The van der Waals surface area contributed by atoms with E-state index in [9.17, 15) is 0 Å². The van der Waals surface area contributed by atoms with E-state index in [2.05, 4.69) is 10.2 Å². The maximum atomic E-state index is 5.99. The zero-order chi connectivity index (χ0) is 15.9. The van der Waals surface area contributed by atoms with E-state index < -0.39 is 0 Å². The molecule has 0 spiro atoms. The Labute approximate surface area is 134 Å². The van der Waals surface area contributed by atoms with E-state index in [-0.39, 0.29) is 5.96 Å². The molecule has 5 nitrogen and oxygen atoms in total. The van der Waals surface area contributed by atoms with E-state index in [1.807, 2.05) is 31.2 Å². The largest absolute Gasteiger partial charge is 0.488 e. The average Bonchev–Trinajstić information content (AvgIpc) is 2.48. The molecule has 0 saturated heterocycles. The van der Waals surface area contributed by atoms with Gasteiger partial charge in [0.2, 0.25) is 5.96 Å². The van der Waals surface area contributed by atoms with Crippen molar-refractivity contribution in [3.8, 4) is 5.75 Å². The first-order chi connectivity index (χ1) is 10.5. The lowest BCUT2D eigenvalue weighted by Gasteiger charge is -2.09. The Morgan fingerprint density at radius 1 is 1.18 bits per heavy atom. The standard InChI is InChI=1S/C16H17ClN4O/c1-11-2-4-12(5-3-11)10-22-15-7-6-14(17)8-13(15)9-20-21-16(18)19/h2-9H,10H2,1H3,(H4,18,19,21). The van der Waals surface area contributed by atoms with Crippen molar-refractivity contribution in [3.63, 3.8) is 0 Å². The van der Waals surface area contributed by atoms with Crippen LogP contribution in [-0.2, 0) is 6.61 Å². The van der Waals surface area contributed by atoms with Crippen LogP contribution in [0.5, 0.6) is 5.75 Å². The van der Waals surface area contributed by atoms with Crippen molar-refractivity contribution in [2.24, 2.45) is 21.7 Å². The van der Waals surface area contributed by atoms with Crippen LogP contribution in [0.15, 0.2) is 52.7 Å². The van der Waals surface area contributed by atoms with Crippen LogP contribution in [0.3, 0.4) is 0 Å². The van der Waals surface area contributed by atoms with E-state index in [4.69, 9.17) is 27.8 Å². The van der Waals surface area contributed by atoms with Crippen molar-refractivity contribution in [1.82, 2.24) is 0 Å². The van der Waals surface area contributed by atoms with Gasteiger partial charge < -0.3 is 16.2 Å². The van der Waals surface area contributed by atoms with Crippen LogP contribution >= 0.6 is 11.6 Å². The molecule has 0 aromatic heterocycles. The molecule has 4 N–H and O–H groups in total. The number of ether oxygens (including phenoxy) is 1. The van der Waals surface area contributed by atoms with E-state index in [0.717, 1.165) is 5.56 Å². The van der Waals surface area contributed by atoms with Crippen LogP contribution < -0.4 is 16.2 Å². The van der Waals surface area contributed by atoms with Crippen molar-refractivity contribution in [2.45, 2.75) is 13.5 Å². The van der Waals surface area contributed by atoms with Crippen molar-refractivity contribution < 1.29 is 4.74 Å². The van der Waals surface area contributed by atoms with Gasteiger partial charge in [-0.2, -0.15) is 5.10 Å². The molecule has 0 fully saturated rings. The van der Waals surface area contributed by atoms with Crippen LogP contribution in [-0.4, -0.2) is 12.2 Å². The molecule has 0 atom stereocenters. The highest BCUT2D eigenvalue weighted by atomic mass is 35.5. The lowest BCUT2D eigenvalue weighted by atomic mass is 10.1. The van der Waals surface area contributed by atoms with Gasteiger partial charge in [0, 0.05) is 10.6 Å². The van der Waals surface area contributed by atoms with Crippen LogP contribution in [0.4, 0.5) is 0 Å². The number of guanidine groups is 1. The third-order valence-electron chi connectivity index (χ3n) is 2.86. The lowest BCUT2D eigenvalue weighted by Crippen LogP contribution is -2.21. The quantitative estimate of drug-likeness (QED) is 0.505. The summed E-state index contributed by atoms with van der Waals surface area (Å²) < 4.78 is 5.81. The zero-order valence-corrected chi connectivity index (χ0v) is 12.9. The first kappa shape index (κ1) is 15.9. The smallest absolute Gasteiger partial charge is 0.211 e. The molecule has 0 radical (unpaired) electrons. The Kier molecular flexibility index (Phi) is 5.38. The van der Waals surface area contributed by atoms with Crippen LogP contribution in [0.2, 0.25) is 5.02 Å². The minimum Gasteiger partial charge on any atom is -0.488 e. The Bertz CT molecular complexity index is 692. The fourth-order valence-corrected chi connectivity index (χ4v) is 1.94. The molecule has 22 heavy (non-hydrogen) atoms. The van der Waals surface area contributed by atoms with Crippen LogP contribution in [0, 0.1) is 6.92 Å². The Morgan fingerprint density at radius 3 is 2.59 bits per heavy atom. The molecule has 0 amide bonds. The molecule has 0 aliphatic carbocycles. The fraction of sp³-hybridized carbons (Fsp3) is 0.125. The summed E-state index contributed by atoms with van der Waals surface area (Å²) in [4.78, 5) is 0. The van der Waals surface area contributed by atoms with Crippen LogP contribution in [0.1, 0.15) is 16.7 Å². The monoisotopic (exact) mass is 316 g/mol. The molecule has 0 aliphatic rings. The van der Waals surface area contributed by atoms with Gasteiger partial charge in [-0.15, -0.1) is 5.10 Å². The first-order valence-electron chi connectivity index (χ1n) is 6.64. The van der Waals surface area contributed by atoms with Crippen molar-refractivity contribution >= 4 is 23.8 Å². The number of benzene rings is 2. The highest BCUT2D eigenvalue weighted by Crippen LogP contribution is 2.22. The SMILES string of the molecule is Cc1ccc(COc2ccc(Cl)cc2C=NN=C(N)N)cc1. The summed E-state index contributed by atoms with van der Waals surface area (Å²) >= 11 is 5.99. The molecule has 0 saturated carbocycles. The highest BCUT2D eigenvalue weighted by Gasteiger charge is 2.04. The fourth-order valence-electron chi connectivity index (χ4n) is 1.75. The van der Waals surface area contributed by atoms with Gasteiger partial charge in [-0.25, -0.2) is 0 Å². The molecule has 2 rings (SSSR count). The summed E-state index contributed by atoms with van der Waals surface area (Å²) in [6, 6.07) is 13.4. The summed E-state index contributed by atoms with van der Waals surface area (Å²) in [5.74, 6) is 0.542. The molecule has 0 aliphatic heterocycles. The number of halogens is 1. The van der Waals surface area contributed by atoms with Gasteiger partial charge in [0.25, 0.3) is 0 Å². The molecule has 114 valence electrons. The maximum Gasteiger partial charge on any atom is 0.211 e. The summed E-state index contributed by atoms with van der Waals surface area (Å²) in [6.45, 7) is 2.49. The Morgan fingerprint density at radius 2 is 1.91 bits per heavy atom. The van der Waals surface area contributed by atoms with Gasteiger partial charge in [-0.3, -0.25) is 0 Å². The van der Waals surface area contributed by atoms with Gasteiger partial charge in [0.05, 0.1) is 6.21 Å². The normalized spacial score (nSPS) is 10.6. The number of rotatable bonds is 5. The van der Waals surface area contributed by atoms with Crippen LogP contribution in [0.25, 0.3) is 0 Å². The second-order valence-electron chi connectivity index (χ2n) is 4.73. The maximum absolute atomic E-state index is 5.99. The number of nitrogens with zero attached hydrogens (tertiary/aromatic N) is 2. The predicted octanol–water partition coefficient (Wildman–Crippen LogP) is 2.83. The molecule has 0 heterocycles. The first-order valence-corrected chi connectivity index (χ1v) is 7.02. The molecule has 0 unspecified atom stereocenters. The average molecular weight is 317 g/mol. The minimum atomic E-state index is -0.111. The summed E-state index contributed by atoms with van der Waals surface area (Å²) in [6.07, 6.45) is 1.50. The number of nitrogens with two attached hydrogens (primary N) is 2. The number of hydrogen-bond donors (Lipinski definition) is 2. The number of aryl methyl sites for hydroxylation is 1. The lowest BCUT2D eigenvalue weighted by molar-refractivity contribution is 0.306. The zero-order valence-electron chi connectivity index (χ0n) is 12.2. The van der Waals surface area contributed by atoms with Gasteiger partial charge in [-0.05, 0) is 30.7 Å². The highest BCUT2D eigenvalue weighted by molar-refractivity contribution is 6.30. The van der Waals surface area contributed by atoms with Gasteiger partial charge in [0.15, 0.2) is 0 Å². The van der Waals surface area contributed by atoms with Gasteiger partial charge in [0.1, 0.15) is 12.4 Å². The topological polar surface area (TPSA) is 86.0 Å². The van der Waals surface area contributed by atoms with Crippen molar-refractivity contribution in [2.75, 3.05) is 0 Å². The summed E-state index contributed by atoms with van der Waals surface area (Å²) in [5.41, 5.74) is 13.4. The molecular formula is C16H17ClN4O. The Balaban J connectivity index is 2.14. The Hall–Kier alpha value is -2.53. The molecule has 2 aromatic carbocycles. The van der Waals surface area contributed by atoms with Crippen molar-refractivity contribution in [1.29, 1.82) is 0 Å². The van der Waals surface area contributed by atoms with E-state index in [1.54, 1.807) is 18.2 Å². The third kappa shape index (κ3) is 4.79. The van der Waals surface area contributed by atoms with Crippen molar-refractivity contribution in [3.05, 3.63) is 64.2 Å². The van der Waals surface area contributed by atoms with E-state index in [1.165, 1.54) is 11.8 Å². The molecule has 2 aromatic rings. The molecular weight excluding hydrogens is 300 g/mol. The summed E-state index contributed by atoms with van der Waals surface area (Å²) in [5, 5.41) is 7.92. The predicted molar refractivity (Wildman–Crippen MR) is 90.4 cm³/mol. The minimum absolute atomic E-state index is 0.111. The van der Waals surface area contributed by atoms with E-state index >= 15 is 0 Å². The number of hydrogen-bond acceptors (Lipinski definition) is 3. The van der Waals surface area contributed by atoms with Gasteiger partial charge >= 0.3 is 0 Å².